The molecule has 0 aliphatic carbocycles. The maximum Gasteiger partial charge on any atom is 0.306 e. The fraction of sp³-hybridized carbons (Fsp3) is 0.308. The summed E-state index contributed by atoms with van der Waals surface area (Å²) in [4.78, 5) is 10.9. The number of aromatic hydroxyl groups is 1. The van der Waals surface area contributed by atoms with E-state index in [4.69, 9.17) is 5.11 Å². The number of aromatic nitrogens is 1. The molecule has 2 rings (SSSR count). The number of phenolic OH excluding ortho intramolecular Hbond substituents is 1. The van der Waals surface area contributed by atoms with Gasteiger partial charge in [-0.05, 0) is 24.1 Å². The fourth-order valence-electron chi connectivity index (χ4n) is 2.09. The highest BCUT2D eigenvalue weighted by Crippen LogP contribution is 2.30. The van der Waals surface area contributed by atoms with Crippen LogP contribution in [0.15, 0.2) is 24.4 Å². The molecule has 0 bridgehead atoms. The van der Waals surface area contributed by atoms with Crippen molar-refractivity contribution in [2.24, 2.45) is 13.0 Å². The van der Waals surface area contributed by atoms with Crippen molar-refractivity contribution >= 4 is 16.9 Å². The fourth-order valence-corrected chi connectivity index (χ4v) is 2.09. The first-order valence-corrected chi connectivity index (χ1v) is 5.49. The first-order valence-electron chi connectivity index (χ1n) is 5.49. The molecule has 0 amide bonds. The second-order valence-electron chi connectivity index (χ2n) is 4.38. The third kappa shape index (κ3) is 1.98. The van der Waals surface area contributed by atoms with Crippen LogP contribution < -0.4 is 0 Å². The summed E-state index contributed by atoms with van der Waals surface area (Å²) in [6.07, 6.45) is 2.30. The molecule has 0 fully saturated rings. The lowest BCUT2D eigenvalue weighted by molar-refractivity contribution is -0.141. The van der Waals surface area contributed by atoms with Gasteiger partial charge in [-0.25, -0.2) is 0 Å². The molecule has 1 aromatic heterocycles. The molecular formula is C13H15NO3. The van der Waals surface area contributed by atoms with E-state index in [1.165, 1.54) is 0 Å². The van der Waals surface area contributed by atoms with Crippen LogP contribution in [0.4, 0.5) is 0 Å². The molecular weight excluding hydrogens is 218 g/mol. The van der Waals surface area contributed by atoms with Crippen LogP contribution in [0.5, 0.6) is 5.75 Å². The van der Waals surface area contributed by atoms with Gasteiger partial charge >= 0.3 is 5.97 Å². The molecule has 2 N–H and O–H groups in total. The summed E-state index contributed by atoms with van der Waals surface area (Å²) in [7, 11) is 1.89. The lowest BCUT2D eigenvalue weighted by Gasteiger charge is -2.05. The van der Waals surface area contributed by atoms with Gasteiger partial charge in [-0.3, -0.25) is 4.79 Å². The van der Waals surface area contributed by atoms with Gasteiger partial charge < -0.3 is 14.8 Å². The number of hydrogen-bond acceptors (Lipinski definition) is 2. The normalized spacial score (nSPS) is 12.8. The highest BCUT2D eigenvalue weighted by atomic mass is 16.4. The van der Waals surface area contributed by atoms with Gasteiger partial charge in [0, 0.05) is 18.6 Å². The number of carboxylic acid groups (broad SMARTS) is 1. The second-order valence-corrected chi connectivity index (χ2v) is 4.38. The highest BCUT2D eigenvalue weighted by molar-refractivity contribution is 5.90. The molecule has 0 radical (unpaired) electrons. The highest BCUT2D eigenvalue weighted by Gasteiger charge is 2.16. The number of carbonyl (C=O) groups is 1. The monoisotopic (exact) mass is 233 g/mol. The topological polar surface area (TPSA) is 62.5 Å². The molecule has 4 heteroatoms. The Bertz CT molecular complexity index is 571. The third-order valence-electron chi connectivity index (χ3n) is 3.02. The van der Waals surface area contributed by atoms with Gasteiger partial charge in [0.1, 0.15) is 5.75 Å². The van der Waals surface area contributed by atoms with Crippen LogP contribution in [0.1, 0.15) is 12.5 Å². The van der Waals surface area contributed by atoms with Crippen LogP contribution in [-0.4, -0.2) is 20.7 Å². The zero-order valence-corrected chi connectivity index (χ0v) is 9.84. The van der Waals surface area contributed by atoms with Crippen molar-refractivity contribution < 1.29 is 15.0 Å². The van der Waals surface area contributed by atoms with E-state index < -0.39 is 11.9 Å². The molecule has 1 aromatic carbocycles. The number of aryl methyl sites for hydroxylation is 1. The minimum absolute atomic E-state index is 0.204. The predicted octanol–water partition coefficient (Wildman–Crippen LogP) is 2.15. The summed E-state index contributed by atoms with van der Waals surface area (Å²) in [5.41, 5.74) is 1.79. The molecule has 4 nitrogen and oxygen atoms in total. The molecule has 1 unspecified atom stereocenters. The Morgan fingerprint density at radius 1 is 1.47 bits per heavy atom. The van der Waals surface area contributed by atoms with E-state index in [9.17, 15) is 9.90 Å². The molecule has 0 saturated heterocycles. The lowest BCUT2D eigenvalue weighted by Crippen LogP contribution is -2.11. The maximum absolute atomic E-state index is 10.9. The van der Waals surface area contributed by atoms with Crippen molar-refractivity contribution in [1.29, 1.82) is 0 Å². The summed E-state index contributed by atoms with van der Waals surface area (Å²) >= 11 is 0. The predicted molar refractivity (Wildman–Crippen MR) is 65.1 cm³/mol. The standard InChI is InChI=1S/C13H15NO3/c1-8(13(16)17)6-9-7-14(2)10-4-3-5-11(15)12(9)10/h3-5,7-8,15H,6H2,1-2H3,(H,16,17). The number of fused-ring (bicyclic) bond motifs is 1. The van der Waals surface area contributed by atoms with Crippen LogP contribution in [-0.2, 0) is 18.3 Å². The van der Waals surface area contributed by atoms with Crippen molar-refractivity contribution in [2.75, 3.05) is 0 Å². The molecule has 90 valence electrons. The number of hydrogen-bond donors (Lipinski definition) is 2. The lowest BCUT2D eigenvalue weighted by atomic mass is 10.0. The van der Waals surface area contributed by atoms with E-state index in [1.54, 1.807) is 19.1 Å². The molecule has 0 aliphatic heterocycles. The number of carboxylic acids is 1. The van der Waals surface area contributed by atoms with Gasteiger partial charge in [-0.15, -0.1) is 0 Å². The molecule has 0 aliphatic rings. The maximum atomic E-state index is 10.9. The van der Waals surface area contributed by atoms with Gasteiger partial charge in [0.05, 0.1) is 11.4 Å². The first-order chi connectivity index (χ1) is 8.00. The Kier molecular flexibility index (Phi) is 2.79. The largest absolute Gasteiger partial charge is 0.507 e. The van der Waals surface area contributed by atoms with Gasteiger partial charge in [0.2, 0.25) is 0 Å². The number of benzene rings is 1. The second kappa shape index (κ2) is 4.13. The van der Waals surface area contributed by atoms with E-state index in [-0.39, 0.29) is 5.75 Å². The number of aliphatic carboxylic acids is 1. The van der Waals surface area contributed by atoms with Crippen LogP contribution in [0.2, 0.25) is 0 Å². The van der Waals surface area contributed by atoms with Crippen molar-refractivity contribution in [1.82, 2.24) is 4.57 Å². The average molecular weight is 233 g/mol. The minimum Gasteiger partial charge on any atom is -0.507 e. The molecule has 1 atom stereocenters. The Morgan fingerprint density at radius 3 is 2.82 bits per heavy atom. The van der Waals surface area contributed by atoms with Gasteiger partial charge in [0.15, 0.2) is 0 Å². The Balaban J connectivity index is 2.51. The molecule has 0 spiro atoms. The first kappa shape index (κ1) is 11.5. The molecule has 2 aromatic rings. The average Bonchev–Trinajstić information content (AvgIpc) is 2.57. The summed E-state index contributed by atoms with van der Waals surface area (Å²) in [6.45, 7) is 1.67. The van der Waals surface area contributed by atoms with Crippen LogP contribution in [0, 0.1) is 5.92 Å². The van der Waals surface area contributed by atoms with E-state index in [1.807, 2.05) is 23.9 Å². The molecule has 1 heterocycles. The van der Waals surface area contributed by atoms with Crippen molar-refractivity contribution in [2.45, 2.75) is 13.3 Å². The Hall–Kier alpha value is -1.97. The van der Waals surface area contributed by atoms with Crippen LogP contribution >= 0.6 is 0 Å². The third-order valence-corrected chi connectivity index (χ3v) is 3.02. The van der Waals surface area contributed by atoms with Gasteiger partial charge in [-0.2, -0.15) is 0 Å². The SMILES string of the molecule is CC(Cc1cn(C)c2cccc(O)c12)C(=O)O. The zero-order chi connectivity index (χ0) is 12.6. The number of rotatable bonds is 3. The van der Waals surface area contributed by atoms with Gasteiger partial charge in [0.25, 0.3) is 0 Å². The Morgan fingerprint density at radius 2 is 2.18 bits per heavy atom. The summed E-state index contributed by atoms with van der Waals surface area (Å²) in [5, 5.41) is 19.5. The van der Waals surface area contributed by atoms with Crippen molar-refractivity contribution in [3.63, 3.8) is 0 Å². The minimum atomic E-state index is -0.822. The summed E-state index contributed by atoms with van der Waals surface area (Å²) in [5.74, 6) is -1.08. The van der Waals surface area contributed by atoms with Gasteiger partial charge in [-0.1, -0.05) is 13.0 Å². The Labute approximate surface area is 99.1 Å². The van der Waals surface area contributed by atoms with E-state index in [2.05, 4.69) is 0 Å². The van der Waals surface area contributed by atoms with Crippen molar-refractivity contribution in [3.8, 4) is 5.75 Å². The molecule has 17 heavy (non-hydrogen) atoms. The van der Waals surface area contributed by atoms with E-state index in [0.717, 1.165) is 16.5 Å². The van der Waals surface area contributed by atoms with E-state index >= 15 is 0 Å². The quantitative estimate of drug-likeness (QED) is 0.853. The number of phenols is 1. The van der Waals surface area contributed by atoms with Crippen LogP contribution in [0.25, 0.3) is 10.9 Å². The number of nitrogens with zero attached hydrogens (tertiary/aromatic N) is 1. The molecule has 0 saturated carbocycles. The van der Waals surface area contributed by atoms with E-state index in [0.29, 0.717) is 6.42 Å². The summed E-state index contributed by atoms with van der Waals surface area (Å²) in [6, 6.07) is 5.31. The summed E-state index contributed by atoms with van der Waals surface area (Å²) < 4.78 is 1.90. The zero-order valence-electron chi connectivity index (χ0n) is 9.84. The van der Waals surface area contributed by atoms with Crippen molar-refractivity contribution in [3.05, 3.63) is 30.0 Å². The smallest absolute Gasteiger partial charge is 0.306 e. The van der Waals surface area contributed by atoms with Crippen LogP contribution in [0.3, 0.4) is 0 Å².